The largest absolute Gasteiger partial charge is 0.416 e. The van der Waals surface area contributed by atoms with Crippen LogP contribution in [0.3, 0.4) is 0 Å². The van der Waals surface area contributed by atoms with E-state index in [0.717, 1.165) is 0 Å². The summed E-state index contributed by atoms with van der Waals surface area (Å²) in [7, 11) is 0. The van der Waals surface area contributed by atoms with Crippen LogP contribution in [0.2, 0.25) is 0 Å². The van der Waals surface area contributed by atoms with Crippen molar-refractivity contribution in [2.75, 3.05) is 0 Å². The Balaban J connectivity index is 2.68. The van der Waals surface area contributed by atoms with Gasteiger partial charge in [0.25, 0.3) is 5.91 Å². The van der Waals surface area contributed by atoms with Gasteiger partial charge in [0.05, 0.1) is 12.8 Å². The minimum absolute atomic E-state index is 0.0807. The number of rotatable bonds is 1. The zero-order valence-electron chi connectivity index (χ0n) is 6.11. The summed E-state index contributed by atoms with van der Waals surface area (Å²) in [4.78, 5) is 31.8. The van der Waals surface area contributed by atoms with Crippen molar-refractivity contribution in [1.82, 2.24) is 0 Å². The number of esters is 2. The van der Waals surface area contributed by atoms with E-state index in [1.54, 1.807) is 0 Å². The predicted octanol–water partition coefficient (Wildman–Crippen LogP) is -1.32. The van der Waals surface area contributed by atoms with E-state index in [2.05, 4.69) is 9.47 Å². The van der Waals surface area contributed by atoms with E-state index < -0.39 is 24.1 Å². The third-order valence-electron chi connectivity index (χ3n) is 1.24. The Labute approximate surface area is 67.6 Å². The Bertz CT molecular complexity index is 218. The highest BCUT2D eigenvalue weighted by Gasteiger charge is 2.28. The third kappa shape index (κ3) is 1.94. The summed E-state index contributed by atoms with van der Waals surface area (Å²) in [5.74, 6) is -2.31. The Morgan fingerprint density at radius 3 is 2.00 bits per heavy atom. The number of carbonyl (C=O) groups is 3. The van der Waals surface area contributed by atoms with Crippen LogP contribution < -0.4 is 5.73 Å². The van der Waals surface area contributed by atoms with Gasteiger partial charge in [0, 0.05) is 0 Å². The average Bonchev–Trinajstić information content (AvgIpc) is 2.13. The fourth-order valence-electron chi connectivity index (χ4n) is 0.701. The monoisotopic (exact) mass is 173 g/mol. The fourth-order valence-corrected chi connectivity index (χ4v) is 0.701. The van der Waals surface area contributed by atoms with Gasteiger partial charge >= 0.3 is 18.2 Å². The first-order chi connectivity index (χ1) is 5.59. The van der Waals surface area contributed by atoms with Crippen molar-refractivity contribution in [2.45, 2.75) is 19.1 Å². The number of primary amides is 1. The molecule has 0 bridgehead atoms. The van der Waals surface area contributed by atoms with Gasteiger partial charge in [-0.3, -0.25) is 14.4 Å². The highest BCUT2D eigenvalue weighted by molar-refractivity contribution is 5.86. The summed E-state index contributed by atoms with van der Waals surface area (Å²) >= 11 is 0. The van der Waals surface area contributed by atoms with E-state index in [0.29, 0.717) is 0 Å². The molecule has 1 aliphatic rings. The number of cyclic esters (lactones) is 2. The molecule has 1 amide bonds. The van der Waals surface area contributed by atoms with Crippen LogP contribution in [0.5, 0.6) is 0 Å². The van der Waals surface area contributed by atoms with Crippen molar-refractivity contribution in [3.8, 4) is 0 Å². The summed E-state index contributed by atoms with van der Waals surface area (Å²) in [6.07, 6.45) is -1.72. The molecule has 0 saturated carbocycles. The normalized spacial score (nSPS) is 19.3. The molecule has 0 radical (unpaired) electrons. The first-order valence-corrected chi connectivity index (χ1v) is 3.28. The van der Waals surface area contributed by atoms with Crippen molar-refractivity contribution in [3.63, 3.8) is 0 Å². The van der Waals surface area contributed by atoms with Crippen LogP contribution >= 0.6 is 0 Å². The first kappa shape index (κ1) is 8.51. The Morgan fingerprint density at radius 1 is 1.25 bits per heavy atom. The molecular formula is C6H7NO5. The molecule has 1 fully saturated rings. The molecule has 6 heteroatoms. The van der Waals surface area contributed by atoms with Crippen LogP contribution in [-0.4, -0.2) is 24.1 Å². The van der Waals surface area contributed by atoms with E-state index in [4.69, 9.17) is 5.73 Å². The van der Waals surface area contributed by atoms with E-state index in [-0.39, 0.29) is 12.8 Å². The van der Waals surface area contributed by atoms with Gasteiger partial charge in [-0.1, -0.05) is 0 Å². The lowest BCUT2D eigenvalue weighted by molar-refractivity contribution is -0.185. The second-order valence-corrected chi connectivity index (χ2v) is 2.21. The van der Waals surface area contributed by atoms with E-state index in [1.165, 1.54) is 0 Å². The molecule has 1 saturated heterocycles. The van der Waals surface area contributed by atoms with E-state index in [1.807, 2.05) is 0 Å². The van der Waals surface area contributed by atoms with Crippen LogP contribution in [0, 0.1) is 0 Å². The Kier molecular flexibility index (Phi) is 2.27. The van der Waals surface area contributed by atoms with Gasteiger partial charge < -0.3 is 15.2 Å². The van der Waals surface area contributed by atoms with Gasteiger partial charge in [0.15, 0.2) is 0 Å². The maximum atomic E-state index is 10.7. The lowest BCUT2D eigenvalue weighted by atomic mass is 10.3. The molecule has 0 aromatic carbocycles. The summed E-state index contributed by atoms with van der Waals surface area (Å²) in [5, 5.41) is 0. The van der Waals surface area contributed by atoms with Gasteiger partial charge in [-0.2, -0.15) is 0 Å². The molecule has 0 unspecified atom stereocenters. The maximum absolute atomic E-state index is 10.7. The van der Waals surface area contributed by atoms with E-state index >= 15 is 0 Å². The number of ether oxygens (including phenoxy) is 2. The molecule has 0 aliphatic carbocycles. The summed E-state index contributed by atoms with van der Waals surface area (Å²) in [5.41, 5.74) is 4.77. The third-order valence-corrected chi connectivity index (χ3v) is 1.24. The van der Waals surface area contributed by atoms with Crippen molar-refractivity contribution >= 4 is 17.8 Å². The van der Waals surface area contributed by atoms with Gasteiger partial charge in [0.1, 0.15) is 0 Å². The minimum Gasteiger partial charge on any atom is -0.416 e. The van der Waals surface area contributed by atoms with Crippen LogP contribution in [0.4, 0.5) is 0 Å². The molecule has 1 aliphatic heterocycles. The van der Waals surface area contributed by atoms with Crippen molar-refractivity contribution in [3.05, 3.63) is 0 Å². The first-order valence-electron chi connectivity index (χ1n) is 3.28. The highest BCUT2D eigenvalue weighted by atomic mass is 16.7. The predicted molar refractivity (Wildman–Crippen MR) is 34.4 cm³/mol. The molecule has 0 aromatic heterocycles. The molecule has 2 N–H and O–H groups in total. The molecule has 12 heavy (non-hydrogen) atoms. The zero-order valence-corrected chi connectivity index (χ0v) is 6.11. The van der Waals surface area contributed by atoms with Crippen molar-refractivity contribution < 1.29 is 23.9 Å². The fraction of sp³-hybridized carbons (Fsp3) is 0.500. The van der Waals surface area contributed by atoms with Crippen LogP contribution in [0.25, 0.3) is 0 Å². The Hall–Kier alpha value is -1.59. The lowest BCUT2D eigenvalue weighted by Gasteiger charge is -2.09. The molecule has 0 aromatic rings. The van der Waals surface area contributed by atoms with Gasteiger partial charge in [-0.05, 0) is 0 Å². The maximum Gasteiger partial charge on any atom is 0.325 e. The topological polar surface area (TPSA) is 95.7 Å². The summed E-state index contributed by atoms with van der Waals surface area (Å²) in [6, 6.07) is 0. The van der Waals surface area contributed by atoms with Gasteiger partial charge in [-0.15, -0.1) is 0 Å². The number of carbonyl (C=O) groups excluding carboxylic acids is 3. The molecule has 66 valence electrons. The Morgan fingerprint density at radius 2 is 1.67 bits per heavy atom. The standard InChI is InChI=1S/C6H7NO5/c7-5(10)6-11-3(8)1-2-4(9)12-6/h6H,1-2H2,(H2,7,10). The molecule has 6 nitrogen and oxygen atoms in total. The van der Waals surface area contributed by atoms with Crippen LogP contribution in [-0.2, 0) is 23.9 Å². The molecule has 1 heterocycles. The van der Waals surface area contributed by atoms with Crippen molar-refractivity contribution in [2.24, 2.45) is 5.73 Å². The van der Waals surface area contributed by atoms with Crippen LogP contribution in [0.15, 0.2) is 0 Å². The number of hydrogen-bond acceptors (Lipinski definition) is 5. The highest BCUT2D eigenvalue weighted by Crippen LogP contribution is 2.07. The summed E-state index contributed by atoms with van der Waals surface area (Å²) < 4.78 is 8.77. The van der Waals surface area contributed by atoms with E-state index in [9.17, 15) is 14.4 Å². The smallest absolute Gasteiger partial charge is 0.325 e. The minimum atomic E-state index is -1.56. The van der Waals surface area contributed by atoms with Crippen LogP contribution in [0.1, 0.15) is 12.8 Å². The molecular weight excluding hydrogens is 166 g/mol. The van der Waals surface area contributed by atoms with Crippen molar-refractivity contribution in [1.29, 1.82) is 0 Å². The zero-order chi connectivity index (χ0) is 9.14. The number of amides is 1. The SMILES string of the molecule is NC(=O)C1OC(=O)CCC(=O)O1. The molecule has 0 atom stereocenters. The number of nitrogens with two attached hydrogens (primary N) is 1. The lowest BCUT2D eigenvalue weighted by Crippen LogP contribution is -2.35. The average molecular weight is 173 g/mol. The summed E-state index contributed by atoms with van der Waals surface area (Å²) in [6.45, 7) is 0. The number of hydrogen-bond donors (Lipinski definition) is 1. The quantitative estimate of drug-likeness (QED) is 0.496. The van der Waals surface area contributed by atoms with Gasteiger partial charge in [0.2, 0.25) is 0 Å². The molecule has 0 spiro atoms. The molecule has 1 rings (SSSR count). The second-order valence-electron chi connectivity index (χ2n) is 2.21. The second kappa shape index (κ2) is 3.21. The van der Waals surface area contributed by atoms with Gasteiger partial charge in [-0.25, -0.2) is 0 Å².